The van der Waals surface area contributed by atoms with Gasteiger partial charge < -0.3 is 5.32 Å². The molecular weight excluding hydrogens is 354 g/mol. The number of para-hydroxylation sites is 2. The highest BCUT2D eigenvalue weighted by atomic mass is 16.2. The summed E-state index contributed by atoms with van der Waals surface area (Å²) in [7, 11) is 0. The smallest absolute Gasteiger partial charge is 0.295 e. The van der Waals surface area contributed by atoms with E-state index in [1.165, 1.54) is 4.52 Å². The van der Waals surface area contributed by atoms with Crippen molar-refractivity contribution in [3.05, 3.63) is 78.6 Å². The average molecular weight is 369 g/mol. The highest BCUT2D eigenvalue weighted by Crippen LogP contribution is 2.22. The number of aryl methyl sites for hydroxylation is 1. The molecule has 5 rings (SSSR count). The van der Waals surface area contributed by atoms with Crippen LogP contribution in [0.3, 0.4) is 0 Å². The number of benzene rings is 2. The summed E-state index contributed by atoms with van der Waals surface area (Å²) in [5.41, 5.74) is 3.61. The zero-order valence-corrected chi connectivity index (χ0v) is 14.9. The number of carbonyl (C=O) groups is 1. The van der Waals surface area contributed by atoms with Crippen molar-refractivity contribution in [2.75, 3.05) is 5.32 Å². The maximum absolute atomic E-state index is 12.4. The standard InChI is InChI=1S/C20H15N7O/c1-13-22-16-5-2-3-6-17(16)27(13)15-9-7-14(8-10-15)23-19(28)18-24-20-21-11-4-12-26(20)25-18/h2-12H,1H3,(H,23,28). The molecule has 0 aliphatic heterocycles. The molecular formula is C20H15N7O. The van der Waals surface area contributed by atoms with Crippen molar-refractivity contribution < 1.29 is 4.79 Å². The van der Waals surface area contributed by atoms with Crippen LogP contribution in [0.25, 0.3) is 22.5 Å². The molecule has 8 nitrogen and oxygen atoms in total. The number of rotatable bonds is 3. The van der Waals surface area contributed by atoms with Crippen LogP contribution in [0.15, 0.2) is 67.0 Å². The van der Waals surface area contributed by atoms with Gasteiger partial charge in [-0.1, -0.05) is 12.1 Å². The molecule has 0 saturated heterocycles. The maximum Gasteiger partial charge on any atom is 0.295 e. The van der Waals surface area contributed by atoms with Crippen molar-refractivity contribution in [3.8, 4) is 5.69 Å². The third-order valence-electron chi connectivity index (χ3n) is 4.43. The molecule has 5 aromatic rings. The normalized spacial score (nSPS) is 11.2. The first-order valence-corrected chi connectivity index (χ1v) is 8.72. The number of amides is 1. The molecule has 0 unspecified atom stereocenters. The van der Waals surface area contributed by atoms with E-state index in [1.54, 1.807) is 18.5 Å². The Labute approximate surface area is 159 Å². The van der Waals surface area contributed by atoms with Gasteiger partial charge >= 0.3 is 0 Å². The summed E-state index contributed by atoms with van der Waals surface area (Å²) in [6.45, 7) is 1.97. The molecule has 0 bridgehead atoms. The van der Waals surface area contributed by atoms with Gasteiger partial charge in [-0.2, -0.15) is 4.98 Å². The summed E-state index contributed by atoms with van der Waals surface area (Å²) in [5.74, 6) is 0.964. The van der Waals surface area contributed by atoms with Gasteiger partial charge in [0.1, 0.15) is 5.82 Å². The lowest BCUT2D eigenvalue weighted by molar-refractivity contribution is 0.101. The summed E-state index contributed by atoms with van der Waals surface area (Å²) in [6, 6.07) is 17.3. The number of hydrogen-bond donors (Lipinski definition) is 1. The fourth-order valence-corrected chi connectivity index (χ4v) is 3.18. The fourth-order valence-electron chi connectivity index (χ4n) is 3.18. The predicted octanol–water partition coefficient (Wildman–Crippen LogP) is 3.02. The zero-order chi connectivity index (χ0) is 19.1. The quantitative estimate of drug-likeness (QED) is 0.528. The number of nitrogens with one attached hydrogen (secondary N) is 1. The van der Waals surface area contributed by atoms with E-state index in [2.05, 4.69) is 29.9 Å². The molecule has 0 fully saturated rings. The third-order valence-corrected chi connectivity index (χ3v) is 4.43. The van der Waals surface area contributed by atoms with E-state index in [0.29, 0.717) is 11.5 Å². The molecule has 28 heavy (non-hydrogen) atoms. The minimum Gasteiger partial charge on any atom is -0.319 e. The Bertz CT molecular complexity index is 1280. The second kappa shape index (κ2) is 6.27. The predicted molar refractivity (Wildman–Crippen MR) is 105 cm³/mol. The summed E-state index contributed by atoms with van der Waals surface area (Å²) in [6.07, 6.45) is 3.30. The van der Waals surface area contributed by atoms with E-state index in [0.717, 1.165) is 22.5 Å². The van der Waals surface area contributed by atoms with Crippen molar-refractivity contribution in [3.63, 3.8) is 0 Å². The second-order valence-corrected chi connectivity index (χ2v) is 6.28. The lowest BCUT2D eigenvalue weighted by Crippen LogP contribution is -2.14. The van der Waals surface area contributed by atoms with Gasteiger partial charge in [0, 0.05) is 23.8 Å². The number of carbonyl (C=O) groups excluding carboxylic acids is 1. The van der Waals surface area contributed by atoms with Crippen LogP contribution >= 0.6 is 0 Å². The molecule has 0 aliphatic rings. The molecule has 136 valence electrons. The molecule has 0 saturated carbocycles. The molecule has 0 aliphatic carbocycles. The molecule has 1 N–H and O–H groups in total. The van der Waals surface area contributed by atoms with Crippen molar-refractivity contribution in [1.29, 1.82) is 0 Å². The first-order chi connectivity index (χ1) is 13.7. The number of hydrogen-bond acceptors (Lipinski definition) is 5. The largest absolute Gasteiger partial charge is 0.319 e. The van der Waals surface area contributed by atoms with Gasteiger partial charge in [0.05, 0.1) is 11.0 Å². The van der Waals surface area contributed by atoms with E-state index < -0.39 is 0 Å². The van der Waals surface area contributed by atoms with E-state index in [9.17, 15) is 4.79 Å². The molecule has 0 spiro atoms. The number of anilines is 1. The molecule has 1 amide bonds. The Balaban J connectivity index is 1.42. The van der Waals surface area contributed by atoms with Crippen molar-refractivity contribution in [2.24, 2.45) is 0 Å². The van der Waals surface area contributed by atoms with Gasteiger partial charge in [-0.25, -0.2) is 14.5 Å². The van der Waals surface area contributed by atoms with Gasteiger partial charge in [0.2, 0.25) is 5.82 Å². The van der Waals surface area contributed by atoms with E-state index in [-0.39, 0.29) is 11.7 Å². The van der Waals surface area contributed by atoms with Gasteiger partial charge in [-0.05, 0) is 49.4 Å². The van der Waals surface area contributed by atoms with Gasteiger partial charge in [-0.15, -0.1) is 5.10 Å². The van der Waals surface area contributed by atoms with Gasteiger partial charge in [0.15, 0.2) is 0 Å². The molecule has 8 heteroatoms. The fraction of sp³-hybridized carbons (Fsp3) is 0.0500. The maximum atomic E-state index is 12.4. The molecule has 3 heterocycles. The highest BCUT2D eigenvalue weighted by Gasteiger charge is 2.14. The highest BCUT2D eigenvalue weighted by molar-refractivity contribution is 6.01. The Morgan fingerprint density at radius 2 is 1.82 bits per heavy atom. The Morgan fingerprint density at radius 1 is 1.00 bits per heavy atom. The summed E-state index contributed by atoms with van der Waals surface area (Å²) < 4.78 is 3.54. The lowest BCUT2D eigenvalue weighted by atomic mass is 10.2. The minimum absolute atomic E-state index is 0.0687. The molecule has 0 radical (unpaired) electrons. The van der Waals surface area contributed by atoms with Crippen LogP contribution in [0, 0.1) is 6.92 Å². The van der Waals surface area contributed by atoms with E-state index in [1.807, 2.05) is 55.5 Å². The number of nitrogens with zero attached hydrogens (tertiary/aromatic N) is 6. The summed E-state index contributed by atoms with van der Waals surface area (Å²) in [4.78, 5) is 25.2. The van der Waals surface area contributed by atoms with Crippen LogP contribution in [0.4, 0.5) is 5.69 Å². The minimum atomic E-state index is -0.387. The molecule has 0 atom stereocenters. The van der Waals surface area contributed by atoms with Crippen molar-refractivity contribution in [2.45, 2.75) is 6.92 Å². The Morgan fingerprint density at radius 3 is 2.64 bits per heavy atom. The molecule has 3 aromatic heterocycles. The van der Waals surface area contributed by atoms with Crippen LogP contribution in [0.5, 0.6) is 0 Å². The first kappa shape index (κ1) is 16.1. The SMILES string of the molecule is Cc1nc2ccccc2n1-c1ccc(NC(=O)c2nc3ncccn3n2)cc1. The summed E-state index contributed by atoms with van der Waals surface area (Å²) in [5, 5.41) is 6.94. The monoisotopic (exact) mass is 369 g/mol. The van der Waals surface area contributed by atoms with Crippen molar-refractivity contribution in [1.82, 2.24) is 29.1 Å². The van der Waals surface area contributed by atoms with E-state index >= 15 is 0 Å². The van der Waals surface area contributed by atoms with Crippen molar-refractivity contribution >= 4 is 28.4 Å². The molecule has 2 aromatic carbocycles. The van der Waals surface area contributed by atoms with Crippen LogP contribution in [-0.2, 0) is 0 Å². The van der Waals surface area contributed by atoms with Crippen LogP contribution in [0.1, 0.15) is 16.4 Å². The van der Waals surface area contributed by atoms with Gasteiger partial charge in [0.25, 0.3) is 11.7 Å². The van der Waals surface area contributed by atoms with Crippen LogP contribution in [0.2, 0.25) is 0 Å². The lowest BCUT2D eigenvalue weighted by Gasteiger charge is -2.08. The number of aromatic nitrogens is 6. The zero-order valence-electron chi connectivity index (χ0n) is 14.9. The Hall–Kier alpha value is -4.07. The third kappa shape index (κ3) is 2.67. The van der Waals surface area contributed by atoms with Crippen LogP contribution in [-0.4, -0.2) is 35.0 Å². The first-order valence-electron chi connectivity index (χ1n) is 8.72. The van der Waals surface area contributed by atoms with Crippen LogP contribution < -0.4 is 5.32 Å². The number of imidazole rings is 1. The Kier molecular flexibility index (Phi) is 3.61. The summed E-state index contributed by atoms with van der Waals surface area (Å²) >= 11 is 0. The topological polar surface area (TPSA) is 90.0 Å². The second-order valence-electron chi connectivity index (χ2n) is 6.28. The van der Waals surface area contributed by atoms with E-state index in [4.69, 9.17) is 0 Å². The van der Waals surface area contributed by atoms with Gasteiger partial charge in [-0.3, -0.25) is 9.36 Å². The number of fused-ring (bicyclic) bond motifs is 2. The average Bonchev–Trinajstić information content (AvgIpc) is 3.29.